The summed E-state index contributed by atoms with van der Waals surface area (Å²) in [5.74, 6) is -2.71. The van der Waals surface area contributed by atoms with Crippen LogP contribution in [-0.2, 0) is 62.1 Å². The topological polar surface area (TPSA) is 191 Å². The van der Waals surface area contributed by atoms with Crippen LogP contribution < -0.4 is 0 Å². The van der Waals surface area contributed by atoms with E-state index >= 15 is 0 Å². The van der Waals surface area contributed by atoms with Gasteiger partial charge in [-0.2, -0.15) is 0 Å². The number of hydrogen-bond acceptors (Lipinski definition) is 13. The largest absolute Gasteiger partial charge is 0.462 e. The molecule has 0 spiro atoms. The Balaban J connectivity index is 2.63. The molecule has 486 valence electrons. The monoisotopic (exact) mass is 1200 g/mol. The second-order valence-corrected chi connectivity index (χ2v) is 24.1. The number of hydrogen-bond donors (Lipinski definition) is 0. The Labute approximate surface area is 520 Å². The lowest BCUT2D eigenvalue weighted by Gasteiger charge is -2.22. The van der Waals surface area contributed by atoms with Crippen molar-refractivity contribution in [2.45, 2.75) is 286 Å². The first-order valence-corrected chi connectivity index (χ1v) is 33.8. The number of Topliss-reactive ketones (excluding diaryl/α,β-unsaturated/α-hetero) is 4. The van der Waals surface area contributed by atoms with Crippen molar-refractivity contribution in [1.82, 2.24) is 0 Å². The fourth-order valence-electron chi connectivity index (χ4n) is 11.0. The Morgan fingerprint density at radius 3 is 1.43 bits per heavy atom. The first kappa shape index (κ1) is 78.7. The van der Waals surface area contributed by atoms with Crippen molar-refractivity contribution >= 4 is 53.0 Å². The van der Waals surface area contributed by atoms with Gasteiger partial charge in [-0.05, 0) is 129 Å². The summed E-state index contributed by atoms with van der Waals surface area (Å²) in [5, 5.41) is 0. The minimum atomic E-state index is -0.914. The molecule has 0 radical (unpaired) electrons. The van der Waals surface area contributed by atoms with Crippen LogP contribution in [0.3, 0.4) is 0 Å². The van der Waals surface area contributed by atoms with Gasteiger partial charge in [0.25, 0.3) is 0 Å². The second kappa shape index (κ2) is 52.8. The molecule has 0 bridgehead atoms. The highest BCUT2D eigenvalue weighted by atomic mass is 16.6. The molecule has 1 saturated heterocycles. The van der Waals surface area contributed by atoms with Gasteiger partial charge in [-0.15, -0.1) is 0 Å². The van der Waals surface area contributed by atoms with Crippen molar-refractivity contribution in [1.29, 1.82) is 0 Å². The van der Waals surface area contributed by atoms with Crippen LogP contribution in [0, 0.1) is 35.5 Å². The molecule has 1 fully saturated rings. The van der Waals surface area contributed by atoms with E-state index in [0.29, 0.717) is 19.3 Å². The molecule has 0 amide bonds. The van der Waals surface area contributed by atoms with Gasteiger partial charge in [-0.25, -0.2) is 0 Å². The highest BCUT2D eigenvalue weighted by molar-refractivity contribution is 5.95. The van der Waals surface area contributed by atoms with Crippen molar-refractivity contribution in [3.05, 3.63) is 72.9 Å². The van der Waals surface area contributed by atoms with E-state index in [4.69, 9.17) is 18.9 Å². The molecule has 86 heavy (non-hydrogen) atoms. The number of ketones is 4. The van der Waals surface area contributed by atoms with Gasteiger partial charge >= 0.3 is 29.8 Å². The Morgan fingerprint density at radius 1 is 0.477 bits per heavy atom. The maximum Gasteiger partial charge on any atom is 0.317 e. The molecule has 0 aromatic carbocycles. The van der Waals surface area contributed by atoms with Crippen molar-refractivity contribution < 1.29 is 62.1 Å². The number of unbranched alkanes of at least 4 members (excludes halogenated alkanes) is 21. The lowest BCUT2D eigenvalue weighted by atomic mass is 9.81. The molecular formula is C73H116O13. The zero-order chi connectivity index (χ0) is 63.4. The number of rotatable bonds is 56. The van der Waals surface area contributed by atoms with E-state index in [0.717, 1.165) is 148 Å². The predicted molar refractivity (Wildman–Crippen MR) is 345 cm³/mol. The Kier molecular flexibility index (Phi) is 48.3. The molecular weight excluding hydrogens is 1080 g/mol. The maximum absolute atomic E-state index is 13.1. The van der Waals surface area contributed by atoms with Gasteiger partial charge in [-0.1, -0.05) is 203 Å². The molecule has 7 unspecified atom stereocenters. The van der Waals surface area contributed by atoms with E-state index in [-0.39, 0.29) is 116 Å². The van der Waals surface area contributed by atoms with E-state index < -0.39 is 29.9 Å². The third-order valence-electron chi connectivity index (χ3n) is 16.2. The van der Waals surface area contributed by atoms with Crippen LogP contribution >= 0.6 is 0 Å². The van der Waals surface area contributed by atoms with Gasteiger partial charge in [0, 0.05) is 43.9 Å². The smallest absolute Gasteiger partial charge is 0.317 e. The van der Waals surface area contributed by atoms with Crippen molar-refractivity contribution in [2.24, 2.45) is 35.5 Å². The van der Waals surface area contributed by atoms with E-state index in [9.17, 15) is 43.2 Å². The molecule has 1 aliphatic heterocycles. The summed E-state index contributed by atoms with van der Waals surface area (Å²) in [7, 11) is 0. The fraction of sp³-hybridized carbons (Fsp3) is 0.712. The van der Waals surface area contributed by atoms with Crippen LogP contribution in [0.2, 0.25) is 0 Å². The Morgan fingerprint density at radius 2 is 0.919 bits per heavy atom. The quantitative estimate of drug-likeness (QED) is 0.0140. The third-order valence-corrected chi connectivity index (χ3v) is 16.2. The van der Waals surface area contributed by atoms with Crippen molar-refractivity contribution in [3.8, 4) is 0 Å². The lowest BCUT2D eigenvalue weighted by molar-refractivity contribution is -0.167. The Hall–Kier alpha value is -5.33. The summed E-state index contributed by atoms with van der Waals surface area (Å²) >= 11 is 0. The molecule has 0 N–H and O–H groups in total. The standard InChI is InChI=1S/C73H116O13/c1-8-11-13-14-30-39-48-64(67(61(7)77)54-59(5)75)49-41-33-28-29-36-44-52-71(80)85-65(56-83-69(78)50-42-34-26-22-18-16-15-17-20-24-31-38-45-62(10-3)68-55-72(81)86-73(68)82)57-84-70(79)51-43-35-27-23-19-21-25-32-40-47-63(46-37-12-9-2)66(60(6)76)53-58(4)74/h15,17,24-25,31-32,38,40-41,45,47,49,62-68H,8-14,16,18-23,26-30,33-37,39,42-44,46,48,50-57H2,1-7H3/b17-15-,31-24-,32-25-,45-38+,47-40+,49-41+. The van der Waals surface area contributed by atoms with Crippen LogP contribution in [0.4, 0.5) is 0 Å². The maximum atomic E-state index is 13.1. The minimum Gasteiger partial charge on any atom is -0.462 e. The minimum absolute atomic E-state index is 0.0171. The zero-order valence-electron chi connectivity index (χ0n) is 54.6. The summed E-state index contributed by atoms with van der Waals surface area (Å²) in [6, 6.07) is 0. The number of ether oxygens (including phenoxy) is 4. The van der Waals surface area contributed by atoms with E-state index in [2.05, 4.69) is 50.3 Å². The Bertz CT molecular complexity index is 2110. The number of allylic oxidation sites excluding steroid dienone is 12. The first-order chi connectivity index (χ1) is 41.5. The van der Waals surface area contributed by atoms with Crippen LogP contribution in [-0.4, -0.2) is 72.3 Å². The SMILES string of the molecule is CCCCCCCCC(/C=C/CCCCCCC(=O)OC(COC(=O)CCCCCCC/C=C\C=C\C(CCCCC)C(CC(C)=O)C(C)=O)COC(=O)CCCCCCC/C=C\C/C=C\C=C\C(CC)C1CC(=O)OC1=O)C(CC(C)=O)C(C)=O. The molecule has 0 aromatic rings. The summed E-state index contributed by atoms with van der Waals surface area (Å²) in [6.45, 7) is 12.3. The van der Waals surface area contributed by atoms with Crippen LogP contribution in [0.1, 0.15) is 280 Å². The molecule has 0 saturated carbocycles. The average molecular weight is 1200 g/mol. The first-order valence-electron chi connectivity index (χ1n) is 33.8. The van der Waals surface area contributed by atoms with Crippen LogP contribution in [0.15, 0.2) is 72.9 Å². The molecule has 0 aliphatic carbocycles. The van der Waals surface area contributed by atoms with Gasteiger partial charge < -0.3 is 28.5 Å². The third kappa shape index (κ3) is 42.5. The second-order valence-electron chi connectivity index (χ2n) is 24.1. The summed E-state index contributed by atoms with van der Waals surface area (Å²) < 4.78 is 21.6. The zero-order valence-corrected chi connectivity index (χ0v) is 54.6. The van der Waals surface area contributed by atoms with Gasteiger partial charge in [0.2, 0.25) is 0 Å². The summed E-state index contributed by atoms with van der Waals surface area (Å²) in [4.78, 5) is 111. The fourth-order valence-corrected chi connectivity index (χ4v) is 11.0. The van der Waals surface area contributed by atoms with Gasteiger partial charge in [0.1, 0.15) is 36.3 Å². The summed E-state index contributed by atoms with van der Waals surface area (Å²) in [6.07, 6.45) is 54.1. The molecule has 7 atom stereocenters. The molecule has 13 heteroatoms. The van der Waals surface area contributed by atoms with E-state index in [1.807, 2.05) is 43.4 Å². The highest BCUT2D eigenvalue weighted by Crippen LogP contribution is 2.29. The van der Waals surface area contributed by atoms with Gasteiger partial charge in [0.15, 0.2) is 6.10 Å². The van der Waals surface area contributed by atoms with Crippen LogP contribution in [0.25, 0.3) is 0 Å². The van der Waals surface area contributed by atoms with Gasteiger partial charge in [-0.3, -0.25) is 33.6 Å². The number of esters is 5. The predicted octanol–water partition coefficient (Wildman–Crippen LogP) is 17.6. The number of cyclic esters (lactones) is 2. The van der Waals surface area contributed by atoms with E-state index in [1.165, 1.54) is 25.7 Å². The molecule has 1 heterocycles. The lowest BCUT2D eigenvalue weighted by Crippen LogP contribution is -2.30. The number of carbonyl (C=O) groups is 9. The normalized spacial score (nSPS) is 15.9. The highest BCUT2D eigenvalue weighted by Gasteiger charge is 2.37. The molecule has 0 aromatic heterocycles. The van der Waals surface area contributed by atoms with Crippen molar-refractivity contribution in [2.75, 3.05) is 13.2 Å². The van der Waals surface area contributed by atoms with Crippen molar-refractivity contribution in [3.63, 3.8) is 0 Å². The van der Waals surface area contributed by atoms with Gasteiger partial charge in [0.05, 0.1) is 12.3 Å². The number of carbonyl (C=O) groups excluding carboxylic acids is 9. The molecule has 1 rings (SSSR count). The summed E-state index contributed by atoms with van der Waals surface area (Å²) in [5.41, 5.74) is 0. The molecule has 13 nitrogen and oxygen atoms in total. The van der Waals surface area contributed by atoms with E-state index in [1.54, 1.807) is 27.7 Å². The molecule has 1 aliphatic rings. The van der Waals surface area contributed by atoms with Crippen LogP contribution in [0.5, 0.6) is 0 Å². The average Bonchev–Trinajstić information content (AvgIpc) is 4.00.